The van der Waals surface area contributed by atoms with Gasteiger partial charge in [-0.15, -0.1) is 0 Å². The Kier molecular flexibility index (Phi) is 4.34. The Morgan fingerprint density at radius 3 is 2.68 bits per heavy atom. The zero-order chi connectivity index (χ0) is 13.7. The molecular formula is C15H17NO3. The normalized spacial score (nSPS) is 14.8. The molecule has 0 spiro atoms. The molecule has 19 heavy (non-hydrogen) atoms. The molecule has 4 heteroatoms. The van der Waals surface area contributed by atoms with Crippen LogP contribution in [0.3, 0.4) is 0 Å². The molecule has 1 amide bonds. The SMILES string of the molecule is CCOC(=O)N1C=C(C(=O)c2ccccc2)CCC1. The van der Waals surface area contributed by atoms with Crippen molar-refractivity contribution in [3.8, 4) is 0 Å². The molecule has 1 aromatic rings. The van der Waals surface area contributed by atoms with Crippen LogP contribution in [0.4, 0.5) is 4.79 Å². The Labute approximate surface area is 112 Å². The molecule has 0 atom stereocenters. The maximum atomic E-state index is 12.3. The lowest BCUT2D eigenvalue weighted by Gasteiger charge is -2.23. The largest absolute Gasteiger partial charge is 0.449 e. The second-order valence-corrected chi connectivity index (χ2v) is 4.35. The minimum atomic E-state index is -0.388. The first-order valence-corrected chi connectivity index (χ1v) is 6.46. The highest BCUT2D eigenvalue weighted by Gasteiger charge is 2.21. The number of carbonyl (C=O) groups is 2. The predicted molar refractivity (Wildman–Crippen MR) is 71.8 cm³/mol. The van der Waals surface area contributed by atoms with Crippen molar-refractivity contribution in [2.75, 3.05) is 13.2 Å². The van der Waals surface area contributed by atoms with Gasteiger partial charge in [-0.3, -0.25) is 9.69 Å². The molecule has 100 valence electrons. The van der Waals surface area contributed by atoms with E-state index >= 15 is 0 Å². The van der Waals surface area contributed by atoms with E-state index in [0.29, 0.717) is 30.7 Å². The van der Waals surface area contributed by atoms with Gasteiger partial charge < -0.3 is 4.74 Å². The van der Waals surface area contributed by atoms with Crippen LogP contribution >= 0.6 is 0 Å². The fourth-order valence-electron chi connectivity index (χ4n) is 2.05. The minimum Gasteiger partial charge on any atom is -0.449 e. The first kappa shape index (κ1) is 13.3. The van der Waals surface area contributed by atoms with E-state index in [0.717, 1.165) is 6.42 Å². The van der Waals surface area contributed by atoms with Gasteiger partial charge >= 0.3 is 6.09 Å². The lowest BCUT2D eigenvalue weighted by atomic mass is 9.98. The van der Waals surface area contributed by atoms with Gasteiger partial charge in [-0.1, -0.05) is 30.3 Å². The Bertz CT molecular complexity index is 493. The van der Waals surface area contributed by atoms with Crippen LogP contribution in [-0.2, 0) is 4.74 Å². The summed E-state index contributed by atoms with van der Waals surface area (Å²) in [6.45, 7) is 2.71. The second-order valence-electron chi connectivity index (χ2n) is 4.35. The van der Waals surface area contributed by atoms with Crippen molar-refractivity contribution in [1.29, 1.82) is 0 Å². The number of hydrogen-bond acceptors (Lipinski definition) is 3. The summed E-state index contributed by atoms with van der Waals surface area (Å²) in [7, 11) is 0. The van der Waals surface area contributed by atoms with Gasteiger partial charge in [-0.05, 0) is 19.8 Å². The van der Waals surface area contributed by atoms with Crippen LogP contribution in [0.5, 0.6) is 0 Å². The van der Waals surface area contributed by atoms with Crippen molar-refractivity contribution in [3.63, 3.8) is 0 Å². The van der Waals surface area contributed by atoms with E-state index in [-0.39, 0.29) is 11.9 Å². The third-order valence-corrected chi connectivity index (χ3v) is 2.99. The molecule has 0 N–H and O–H groups in total. The Hall–Kier alpha value is -2.10. The number of allylic oxidation sites excluding steroid dienone is 1. The maximum Gasteiger partial charge on any atom is 0.413 e. The van der Waals surface area contributed by atoms with E-state index in [1.54, 1.807) is 25.3 Å². The van der Waals surface area contributed by atoms with Crippen LogP contribution in [0.15, 0.2) is 42.1 Å². The molecule has 1 aliphatic rings. The molecular weight excluding hydrogens is 242 g/mol. The molecule has 1 heterocycles. The number of carbonyl (C=O) groups excluding carboxylic acids is 2. The first-order valence-electron chi connectivity index (χ1n) is 6.46. The van der Waals surface area contributed by atoms with Crippen molar-refractivity contribution in [2.45, 2.75) is 19.8 Å². The highest BCUT2D eigenvalue weighted by atomic mass is 16.6. The zero-order valence-electron chi connectivity index (χ0n) is 11.0. The van der Waals surface area contributed by atoms with Crippen molar-refractivity contribution in [3.05, 3.63) is 47.7 Å². The Morgan fingerprint density at radius 1 is 1.26 bits per heavy atom. The van der Waals surface area contributed by atoms with Gasteiger partial charge in [0, 0.05) is 23.9 Å². The average Bonchev–Trinajstić information content (AvgIpc) is 2.48. The maximum absolute atomic E-state index is 12.3. The van der Waals surface area contributed by atoms with Crippen LogP contribution in [0.2, 0.25) is 0 Å². The molecule has 0 radical (unpaired) electrons. The van der Waals surface area contributed by atoms with Gasteiger partial charge in [0.25, 0.3) is 0 Å². The topological polar surface area (TPSA) is 46.6 Å². The molecule has 1 aliphatic heterocycles. The second kappa shape index (κ2) is 6.18. The third-order valence-electron chi connectivity index (χ3n) is 2.99. The lowest BCUT2D eigenvalue weighted by Crippen LogP contribution is -2.31. The molecule has 0 fully saturated rings. The van der Waals surface area contributed by atoms with Gasteiger partial charge in [-0.2, -0.15) is 0 Å². The van der Waals surface area contributed by atoms with Gasteiger partial charge in [0.05, 0.1) is 6.61 Å². The van der Waals surface area contributed by atoms with Gasteiger partial charge in [-0.25, -0.2) is 4.79 Å². The summed E-state index contributed by atoms with van der Waals surface area (Å²) in [5.41, 5.74) is 1.31. The van der Waals surface area contributed by atoms with E-state index in [4.69, 9.17) is 4.74 Å². The van der Waals surface area contributed by atoms with E-state index in [9.17, 15) is 9.59 Å². The monoisotopic (exact) mass is 259 g/mol. The molecule has 0 saturated carbocycles. The predicted octanol–water partition coefficient (Wildman–Crippen LogP) is 3.01. The zero-order valence-corrected chi connectivity index (χ0v) is 11.0. The molecule has 0 saturated heterocycles. The number of benzene rings is 1. The lowest BCUT2D eigenvalue weighted by molar-refractivity contribution is 0.101. The van der Waals surface area contributed by atoms with E-state index in [1.165, 1.54) is 4.90 Å². The summed E-state index contributed by atoms with van der Waals surface area (Å²) < 4.78 is 4.95. The number of rotatable bonds is 3. The Morgan fingerprint density at radius 2 is 2.00 bits per heavy atom. The highest BCUT2D eigenvalue weighted by molar-refractivity contribution is 6.08. The molecule has 0 aliphatic carbocycles. The number of hydrogen-bond donors (Lipinski definition) is 0. The summed E-state index contributed by atoms with van der Waals surface area (Å²) in [5, 5.41) is 0. The van der Waals surface area contributed by atoms with Crippen molar-refractivity contribution in [2.24, 2.45) is 0 Å². The summed E-state index contributed by atoms with van der Waals surface area (Å²) >= 11 is 0. The molecule has 4 nitrogen and oxygen atoms in total. The van der Waals surface area contributed by atoms with Crippen LogP contribution < -0.4 is 0 Å². The number of ketones is 1. The van der Waals surface area contributed by atoms with Crippen LogP contribution in [0.25, 0.3) is 0 Å². The molecule has 0 bridgehead atoms. The van der Waals surface area contributed by atoms with E-state index in [1.807, 2.05) is 18.2 Å². The van der Waals surface area contributed by atoms with Gasteiger partial charge in [0.1, 0.15) is 0 Å². The summed E-state index contributed by atoms with van der Waals surface area (Å²) in [6, 6.07) is 9.11. The van der Waals surface area contributed by atoms with E-state index in [2.05, 4.69) is 0 Å². The average molecular weight is 259 g/mol. The standard InChI is InChI=1S/C15H17NO3/c1-2-19-15(18)16-10-6-9-13(11-16)14(17)12-7-4-3-5-8-12/h3-5,7-8,11H,2,6,9-10H2,1H3. The van der Waals surface area contributed by atoms with Gasteiger partial charge in [0.15, 0.2) is 5.78 Å². The Balaban J connectivity index is 2.15. The molecule has 2 rings (SSSR count). The smallest absolute Gasteiger partial charge is 0.413 e. The summed E-state index contributed by atoms with van der Waals surface area (Å²) in [6.07, 6.45) is 2.71. The number of ether oxygens (including phenoxy) is 1. The van der Waals surface area contributed by atoms with Crippen molar-refractivity contribution >= 4 is 11.9 Å². The number of nitrogens with zero attached hydrogens (tertiary/aromatic N) is 1. The number of amides is 1. The van der Waals surface area contributed by atoms with Crippen LogP contribution in [0, 0.1) is 0 Å². The fourth-order valence-corrected chi connectivity index (χ4v) is 2.05. The highest BCUT2D eigenvalue weighted by Crippen LogP contribution is 2.19. The van der Waals surface area contributed by atoms with Crippen molar-refractivity contribution in [1.82, 2.24) is 4.90 Å². The number of Topliss-reactive ketones (excluding diaryl/α,β-unsaturated/α-hetero) is 1. The fraction of sp³-hybridized carbons (Fsp3) is 0.333. The summed E-state index contributed by atoms with van der Waals surface area (Å²) in [5.74, 6) is -0.0189. The van der Waals surface area contributed by atoms with Crippen LogP contribution in [0.1, 0.15) is 30.1 Å². The summed E-state index contributed by atoms with van der Waals surface area (Å²) in [4.78, 5) is 25.4. The minimum absolute atomic E-state index is 0.0189. The first-order chi connectivity index (χ1) is 9.22. The van der Waals surface area contributed by atoms with Gasteiger partial charge in [0.2, 0.25) is 0 Å². The molecule has 0 aromatic heterocycles. The quantitative estimate of drug-likeness (QED) is 0.784. The van der Waals surface area contributed by atoms with Crippen LogP contribution in [-0.4, -0.2) is 29.9 Å². The molecule has 1 aromatic carbocycles. The van der Waals surface area contributed by atoms with Crippen molar-refractivity contribution < 1.29 is 14.3 Å². The third kappa shape index (κ3) is 3.22. The van der Waals surface area contributed by atoms with E-state index < -0.39 is 0 Å². The molecule has 0 unspecified atom stereocenters.